The minimum atomic E-state index is -3.25. The van der Waals surface area contributed by atoms with Crippen molar-refractivity contribution in [2.45, 2.75) is 42.2 Å². The first-order chi connectivity index (χ1) is 7.60. The standard InChI is InChI=1S/C12H15FO2S/c13-10-6-8-12(9-7-10)16(14,15)11-4-2-1-3-5-11/h6-9,11H,1-5H2. The Morgan fingerprint density at radius 2 is 1.56 bits per heavy atom. The van der Waals surface area contributed by atoms with Gasteiger partial charge in [0.25, 0.3) is 0 Å². The van der Waals surface area contributed by atoms with E-state index in [0.29, 0.717) is 0 Å². The molecule has 0 aliphatic heterocycles. The van der Waals surface area contributed by atoms with Crippen molar-refractivity contribution in [2.75, 3.05) is 0 Å². The minimum absolute atomic E-state index is 0.251. The molecule has 0 bridgehead atoms. The van der Waals surface area contributed by atoms with Crippen molar-refractivity contribution >= 4 is 9.84 Å². The summed E-state index contributed by atoms with van der Waals surface area (Å²) in [7, 11) is -3.25. The van der Waals surface area contributed by atoms with Gasteiger partial charge in [-0.25, -0.2) is 12.8 Å². The lowest BCUT2D eigenvalue weighted by Gasteiger charge is -2.21. The minimum Gasteiger partial charge on any atom is -0.223 e. The molecule has 4 heteroatoms. The average molecular weight is 242 g/mol. The lowest BCUT2D eigenvalue weighted by molar-refractivity contribution is 0.483. The first-order valence-corrected chi connectivity index (χ1v) is 7.15. The Labute approximate surface area is 95.4 Å². The van der Waals surface area contributed by atoms with Crippen LogP contribution in [0.5, 0.6) is 0 Å². The largest absolute Gasteiger partial charge is 0.223 e. The monoisotopic (exact) mass is 242 g/mol. The van der Waals surface area contributed by atoms with E-state index >= 15 is 0 Å². The van der Waals surface area contributed by atoms with Gasteiger partial charge < -0.3 is 0 Å². The van der Waals surface area contributed by atoms with Crippen LogP contribution in [0, 0.1) is 5.82 Å². The Balaban J connectivity index is 2.27. The molecule has 1 aromatic rings. The number of rotatable bonds is 2. The molecule has 0 spiro atoms. The van der Waals surface area contributed by atoms with Gasteiger partial charge in [-0.1, -0.05) is 19.3 Å². The zero-order valence-corrected chi connectivity index (χ0v) is 9.84. The predicted octanol–water partition coefficient (Wildman–Crippen LogP) is 2.93. The van der Waals surface area contributed by atoms with Crippen molar-refractivity contribution in [2.24, 2.45) is 0 Å². The molecule has 1 aliphatic carbocycles. The third-order valence-electron chi connectivity index (χ3n) is 3.13. The number of hydrogen-bond donors (Lipinski definition) is 0. The number of sulfone groups is 1. The van der Waals surface area contributed by atoms with Crippen molar-refractivity contribution in [3.8, 4) is 0 Å². The lowest BCUT2D eigenvalue weighted by Crippen LogP contribution is -2.24. The van der Waals surface area contributed by atoms with Crippen LogP contribution in [0.25, 0.3) is 0 Å². The van der Waals surface area contributed by atoms with Crippen molar-refractivity contribution in [3.63, 3.8) is 0 Å². The summed E-state index contributed by atoms with van der Waals surface area (Å²) in [6.07, 6.45) is 4.55. The highest BCUT2D eigenvalue weighted by Crippen LogP contribution is 2.28. The summed E-state index contributed by atoms with van der Waals surface area (Å²) in [5.41, 5.74) is 0. The van der Waals surface area contributed by atoms with Gasteiger partial charge in [-0.3, -0.25) is 0 Å². The molecule has 88 valence electrons. The van der Waals surface area contributed by atoms with Crippen LogP contribution in [0.2, 0.25) is 0 Å². The molecule has 2 rings (SSSR count). The molecule has 0 radical (unpaired) electrons. The summed E-state index contributed by atoms with van der Waals surface area (Å²) >= 11 is 0. The highest BCUT2D eigenvalue weighted by atomic mass is 32.2. The van der Waals surface area contributed by atoms with Crippen molar-refractivity contribution in [1.82, 2.24) is 0 Å². The Kier molecular flexibility index (Phi) is 3.28. The van der Waals surface area contributed by atoms with Gasteiger partial charge in [0.15, 0.2) is 9.84 Å². The predicted molar refractivity (Wildman–Crippen MR) is 60.5 cm³/mol. The summed E-state index contributed by atoms with van der Waals surface area (Å²) in [4.78, 5) is 0.251. The Morgan fingerprint density at radius 1 is 1.00 bits per heavy atom. The average Bonchev–Trinajstić information content (AvgIpc) is 2.31. The van der Waals surface area contributed by atoms with E-state index in [1.54, 1.807) is 0 Å². The van der Waals surface area contributed by atoms with Gasteiger partial charge in [0.05, 0.1) is 10.1 Å². The van der Waals surface area contributed by atoms with Crippen LogP contribution in [0.3, 0.4) is 0 Å². The van der Waals surface area contributed by atoms with E-state index in [9.17, 15) is 12.8 Å². The van der Waals surface area contributed by atoms with Crippen LogP contribution in [-0.4, -0.2) is 13.7 Å². The van der Waals surface area contributed by atoms with Crippen LogP contribution in [0.1, 0.15) is 32.1 Å². The van der Waals surface area contributed by atoms with E-state index in [1.807, 2.05) is 0 Å². The molecule has 1 aliphatic rings. The molecule has 0 aromatic heterocycles. The highest BCUT2D eigenvalue weighted by molar-refractivity contribution is 7.92. The fourth-order valence-corrected chi connectivity index (χ4v) is 4.05. The van der Waals surface area contributed by atoms with Gasteiger partial charge in [0.1, 0.15) is 5.82 Å². The molecular weight excluding hydrogens is 227 g/mol. The van der Waals surface area contributed by atoms with Crippen molar-refractivity contribution in [3.05, 3.63) is 30.1 Å². The van der Waals surface area contributed by atoms with Crippen LogP contribution in [0.4, 0.5) is 4.39 Å². The fraction of sp³-hybridized carbons (Fsp3) is 0.500. The fourth-order valence-electron chi connectivity index (χ4n) is 2.19. The van der Waals surface area contributed by atoms with Crippen LogP contribution >= 0.6 is 0 Å². The molecule has 1 fully saturated rings. The second kappa shape index (κ2) is 4.53. The highest BCUT2D eigenvalue weighted by Gasteiger charge is 2.28. The summed E-state index contributed by atoms with van der Waals surface area (Å²) in [5, 5.41) is -0.272. The third kappa shape index (κ3) is 2.26. The summed E-state index contributed by atoms with van der Waals surface area (Å²) in [6.45, 7) is 0. The quantitative estimate of drug-likeness (QED) is 0.747. The summed E-state index contributed by atoms with van der Waals surface area (Å²) in [6, 6.07) is 5.13. The first-order valence-electron chi connectivity index (χ1n) is 5.60. The van der Waals surface area contributed by atoms with Gasteiger partial charge >= 0.3 is 0 Å². The van der Waals surface area contributed by atoms with Gasteiger partial charge in [0, 0.05) is 0 Å². The summed E-state index contributed by atoms with van der Waals surface area (Å²) < 4.78 is 37.1. The molecule has 0 saturated heterocycles. The molecule has 0 heterocycles. The van der Waals surface area contributed by atoms with E-state index in [4.69, 9.17) is 0 Å². The Hall–Kier alpha value is -0.900. The molecule has 1 saturated carbocycles. The Morgan fingerprint density at radius 3 is 2.12 bits per heavy atom. The van der Waals surface area contributed by atoms with Crippen LogP contribution in [-0.2, 0) is 9.84 Å². The number of halogens is 1. The smallest absolute Gasteiger partial charge is 0.181 e. The van der Waals surface area contributed by atoms with Gasteiger partial charge in [0.2, 0.25) is 0 Å². The van der Waals surface area contributed by atoms with E-state index in [2.05, 4.69) is 0 Å². The molecule has 0 atom stereocenters. The molecule has 16 heavy (non-hydrogen) atoms. The maximum Gasteiger partial charge on any atom is 0.181 e. The second-order valence-corrected chi connectivity index (χ2v) is 6.49. The molecule has 0 N–H and O–H groups in total. The molecule has 2 nitrogen and oxygen atoms in total. The van der Waals surface area contributed by atoms with Crippen molar-refractivity contribution in [1.29, 1.82) is 0 Å². The van der Waals surface area contributed by atoms with Crippen LogP contribution in [0.15, 0.2) is 29.2 Å². The molecule has 1 aromatic carbocycles. The maximum atomic E-state index is 12.7. The molecule has 0 unspecified atom stereocenters. The van der Waals surface area contributed by atoms with E-state index in [-0.39, 0.29) is 10.1 Å². The van der Waals surface area contributed by atoms with E-state index in [1.165, 1.54) is 24.3 Å². The maximum absolute atomic E-state index is 12.7. The van der Waals surface area contributed by atoms with Gasteiger partial charge in [-0.15, -0.1) is 0 Å². The number of hydrogen-bond acceptors (Lipinski definition) is 2. The number of benzene rings is 1. The third-order valence-corrected chi connectivity index (χ3v) is 5.41. The van der Waals surface area contributed by atoms with Gasteiger partial charge in [-0.2, -0.15) is 0 Å². The molecular formula is C12H15FO2S. The summed E-state index contributed by atoms with van der Waals surface area (Å²) in [5.74, 6) is -0.400. The zero-order valence-electron chi connectivity index (χ0n) is 9.02. The lowest BCUT2D eigenvalue weighted by atomic mass is 10.0. The van der Waals surface area contributed by atoms with Crippen molar-refractivity contribution < 1.29 is 12.8 Å². The zero-order chi connectivity index (χ0) is 11.6. The normalized spacial score (nSPS) is 18.6. The van der Waals surface area contributed by atoms with E-state index < -0.39 is 15.7 Å². The van der Waals surface area contributed by atoms with Gasteiger partial charge in [-0.05, 0) is 37.1 Å². The molecule has 0 amide bonds. The topological polar surface area (TPSA) is 34.1 Å². The van der Waals surface area contributed by atoms with E-state index in [0.717, 1.165) is 32.1 Å². The Bertz CT molecular complexity index is 444. The van der Waals surface area contributed by atoms with Crippen LogP contribution < -0.4 is 0 Å². The first kappa shape index (κ1) is 11.6. The SMILES string of the molecule is O=S(=O)(c1ccc(F)cc1)C1CCCCC1. The second-order valence-electron chi connectivity index (χ2n) is 4.26.